The molecule has 1 N–H and O–H groups in total. The Morgan fingerprint density at radius 2 is 1.82 bits per heavy atom. The molecular formula is C12H13NO4. The summed E-state index contributed by atoms with van der Waals surface area (Å²) in [6, 6.07) is 8.52. The van der Waals surface area contributed by atoms with Gasteiger partial charge in [0.2, 0.25) is 0 Å². The number of carbonyl (C=O) groups excluding carboxylic acids is 3. The molecule has 90 valence electrons. The third-order valence-electron chi connectivity index (χ3n) is 2.05. The van der Waals surface area contributed by atoms with Crippen molar-refractivity contribution >= 4 is 17.7 Å². The zero-order valence-electron chi connectivity index (χ0n) is 9.43. The molecule has 17 heavy (non-hydrogen) atoms. The van der Waals surface area contributed by atoms with Crippen molar-refractivity contribution in [3.05, 3.63) is 35.9 Å². The molecule has 1 aromatic rings. The van der Waals surface area contributed by atoms with Crippen LogP contribution in [0, 0.1) is 0 Å². The van der Waals surface area contributed by atoms with Gasteiger partial charge in [-0.2, -0.15) is 0 Å². The Morgan fingerprint density at radius 3 is 2.41 bits per heavy atom. The molecule has 0 saturated heterocycles. The fourth-order valence-electron chi connectivity index (χ4n) is 1.17. The summed E-state index contributed by atoms with van der Waals surface area (Å²) in [7, 11) is 1.21. The van der Waals surface area contributed by atoms with E-state index < -0.39 is 5.97 Å². The molecule has 0 aliphatic rings. The van der Waals surface area contributed by atoms with Crippen molar-refractivity contribution in [3.63, 3.8) is 0 Å². The number of hydrogen-bond donors (Lipinski definition) is 1. The molecule has 0 saturated carbocycles. The Bertz CT molecular complexity index is 414. The summed E-state index contributed by atoms with van der Waals surface area (Å²) >= 11 is 0. The highest BCUT2D eigenvalue weighted by Crippen LogP contribution is 1.97. The number of hydrogen-bond acceptors (Lipinski definition) is 4. The Kier molecular flexibility index (Phi) is 4.87. The molecule has 5 nitrogen and oxygen atoms in total. The second-order valence-corrected chi connectivity index (χ2v) is 3.34. The highest BCUT2D eigenvalue weighted by molar-refractivity contribution is 6.00. The first kappa shape index (κ1) is 12.9. The van der Waals surface area contributed by atoms with Crippen LogP contribution in [0.25, 0.3) is 0 Å². The van der Waals surface area contributed by atoms with Gasteiger partial charge in [-0.1, -0.05) is 18.2 Å². The monoisotopic (exact) mass is 235 g/mol. The van der Waals surface area contributed by atoms with Gasteiger partial charge in [-0.05, 0) is 12.1 Å². The lowest BCUT2D eigenvalue weighted by atomic mass is 10.2. The van der Waals surface area contributed by atoms with E-state index in [1.165, 1.54) is 7.11 Å². The van der Waals surface area contributed by atoms with E-state index in [2.05, 4.69) is 10.1 Å². The first-order chi connectivity index (χ1) is 8.13. The molecule has 0 unspecified atom stereocenters. The van der Waals surface area contributed by atoms with Crippen LogP contribution in [0.15, 0.2) is 30.3 Å². The van der Waals surface area contributed by atoms with Crippen molar-refractivity contribution in [2.24, 2.45) is 0 Å². The van der Waals surface area contributed by atoms with Crippen LogP contribution in [0.3, 0.4) is 0 Å². The van der Waals surface area contributed by atoms with Crippen LogP contribution >= 0.6 is 0 Å². The summed E-state index contributed by atoms with van der Waals surface area (Å²) in [6.45, 7) is -0.178. The number of Topliss-reactive ketones (excluding diaryl/α,β-unsaturated/α-hetero) is 1. The summed E-state index contributed by atoms with van der Waals surface area (Å²) < 4.78 is 4.34. The first-order valence-corrected chi connectivity index (χ1v) is 5.05. The summed E-state index contributed by atoms with van der Waals surface area (Å²) in [5.74, 6) is -1.34. The predicted octanol–water partition coefficient (Wildman–Crippen LogP) is 0.549. The normalized spacial score (nSPS) is 9.47. The van der Waals surface area contributed by atoms with E-state index in [9.17, 15) is 14.4 Å². The predicted molar refractivity (Wildman–Crippen MR) is 60.4 cm³/mol. The van der Waals surface area contributed by atoms with E-state index in [0.29, 0.717) is 5.56 Å². The first-order valence-electron chi connectivity index (χ1n) is 5.05. The Morgan fingerprint density at radius 1 is 1.18 bits per heavy atom. The second kappa shape index (κ2) is 6.42. The quantitative estimate of drug-likeness (QED) is 0.597. The molecule has 0 fully saturated rings. The van der Waals surface area contributed by atoms with Crippen LogP contribution in [0.2, 0.25) is 0 Å². The molecule has 0 heterocycles. The summed E-state index contributed by atoms with van der Waals surface area (Å²) in [4.78, 5) is 33.5. The van der Waals surface area contributed by atoms with E-state index >= 15 is 0 Å². The van der Waals surface area contributed by atoms with Gasteiger partial charge in [0.1, 0.15) is 6.42 Å². The van der Waals surface area contributed by atoms with E-state index in [1.807, 2.05) is 0 Å². The highest BCUT2D eigenvalue weighted by atomic mass is 16.5. The van der Waals surface area contributed by atoms with Gasteiger partial charge in [0.15, 0.2) is 5.78 Å². The van der Waals surface area contributed by atoms with Crippen LogP contribution in [0.4, 0.5) is 0 Å². The largest absolute Gasteiger partial charge is 0.469 e. The maximum atomic E-state index is 11.5. The van der Waals surface area contributed by atoms with Crippen molar-refractivity contribution in [2.45, 2.75) is 6.42 Å². The minimum absolute atomic E-state index is 0.178. The molecule has 1 rings (SSSR count). The zero-order chi connectivity index (χ0) is 12.7. The number of carbonyl (C=O) groups is 3. The summed E-state index contributed by atoms with van der Waals surface area (Å²) in [5.41, 5.74) is 0.471. The zero-order valence-corrected chi connectivity index (χ0v) is 9.43. The van der Waals surface area contributed by atoms with Gasteiger partial charge in [-0.3, -0.25) is 14.4 Å². The molecule has 0 radical (unpaired) electrons. The SMILES string of the molecule is COC(=O)CC(=O)CNC(=O)c1ccccc1. The molecule has 0 aliphatic carbocycles. The van der Waals surface area contributed by atoms with Gasteiger partial charge >= 0.3 is 5.97 Å². The fourth-order valence-corrected chi connectivity index (χ4v) is 1.17. The standard InChI is InChI=1S/C12H13NO4/c1-17-11(15)7-10(14)8-13-12(16)9-5-3-2-4-6-9/h2-6H,7-8H2,1H3,(H,13,16). The fraction of sp³-hybridized carbons (Fsp3) is 0.250. The van der Waals surface area contributed by atoms with E-state index in [0.717, 1.165) is 0 Å². The lowest BCUT2D eigenvalue weighted by molar-refractivity contribution is -0.143. The average molecular weight is 235 g/mol. The topological polar surface area (TPSA) is 72.5 Å². The number of ether oxygens (including phenoxy) is 1. The van der Waals surface area contributed by atoms with Gasteiger partial charge in [-0.15, -0.1) is 0 Å². The van der Waals surface area contributed by atoms with Crippen LogP contribution in [-0.2, 0) is 14.3 Å². The summed E-state index contributed by atoms with van der Waals surface area (Å²) in [5, 5.41) is 2.43. The molecule has 5 heteroatoms. The lowest BCUT2D eigenvalue weighted by Crippen LogP contribution is -2.30. The molecule has 0 bridgehead atoms. The Hall–Kier alpha value is -2.17. The molecule has 1 aromatic carbocycles. The molecule has 1 amide bonds. The number of benzene rings is 1. The lowest BCUT2D eigenvalue weighted by Gasteiger charge is -2.03. The number of esters is 1. The van der Waals surface area contributed by atoms with Gasteiger partial charge in [0.25, 0.3) is 5.91 Å². The van der Waals surface area contributed by atoms with Crippen molar-refractivity contribution in [1.29, 1.82) is 0 Å². The average Bonchev–Trinajstić information content (AvgIpc) is 2.36. The van der Waals surface area contributed by atoms with E-state index in [1.54, 1.807) is 30.3 Å². The van der Waals surface area contributed by atoms with Crippen LogP contribution in [0.1, 0.15) is 16.8 Å². The van der Waals surface area contributed by atoms with Crippen molar-refractivity contribution in [1.82, 2.24) is 5.32 Å². The summed E-state index contributed by atoms with van der Waals surface area (Å²) in [6.07, 6.45) is -0.328. The molecule has 0 aliphatic heterocycles. The van der Waals surface area contributed by atoms with Crippen LogP contribution in [0.5, 0.6) is 0 Å². The molecule has 0 spiro atoms. The number of ketones is 1. The van der Waals surface area contributed by atoms with Gasteiger partial charge in [0.05, 0.1) is 13.7 Å². The van der Waals surface area contributed by atoms with Crippen molar-refractivity contribution < 1.29 is 19.1 Å². The maximum absolute atomic E-state index is 11.5. The number of amides is 1. The second-order valence-electron chi connectivity index (χ2n) is 3.34. The maximum Gasteiger partial charge on any atom is 0.313 e. The van der Waals surface area contributed by atoms with E-state index in [4.69, 9.17) is 0 Å². The highest BCUT2D eigenvalue weighted by Gasteiger charge is 2.11. The van der Waals surface area contributed by atoms with Gasteiger partial charge in [0, 0.05) is 5.56 Å². The minimum Gasteiger partial charge on any atom is -0.469 e. The van der Waals surface area contributed by atoms with Crippen molar-refractivity contribution in [2.75, 3.05) is 13.7 Å². The molecular weight excluding hydrogens is 222 g/mol. The Labute approximate surface area is 98.8 Å². The van der Waals surface area contributed by atoms with E-state index in [-0.39, 0.29) is 24.7 Å². The van der Waals surface area contributed by atoms with Gasteiger partial charge < -0.3 is 10.1 Å². The van der Waals surface area contributed by atoms with Crippen molar-refractivity contribution in [3.8, 4) is 0 Å². The molecule has 0 atom stereocenters. The smallest absolute Gasteiger partial charge is 0.313 e. The number of nitrogens with one attached hydrogen (secondary N) is 1. The van der Waals surface area contributed by atoms with Gasteiger partial charge in [-0.25, -0.2) is 0 Å². The number of rotatable bonds is 5. The van der Waals surface area contributed by atoms with Crippen LogP contribution < -0.4 is 5.32 Å². The third-order valence-corrected chi connectivity index (χ3v) is 2.05. The number of methoxy groups -OCH3 is 1. The minimum atomic E-state index is -0.607. The Balaban J connectivity index is 2.39. The third kappa shape index (κ3) is 4.46. The molecule has 0 aromatic heterocycles. The van der Waals surface area contributed by atoms with Crippen LogP contribution in [-0.4, -0.2) is 31.3 Å².